The maximum absolute atomic E-state index is 12.3. The number of nitrogens with zero attached hydrogens (tertiary/aromatic N) is 5. The number of thioether (sulfide) groups is 1. The summed E-state index contributed by atoms with van der Waals surface area (Å²) >= 11 is 1.20. The first-order valence-electron chi connectivity index (χ1n) is 8.69. The number of nitrogens with one attached hydrogen (secondary N) is 1. The predicted octanol–water partition coefficient (Wildman–Crippen LogP) is 2.99. The molecule has 0 bridgehead atoms. The molecule has 0 aliphatic heterocycles. The Morgan fingerprint density at radius 1 is 1.21 bits per heavy atom. The van der Waals surface area contributed by atoms with Gasteiger partial charge < -0.3 is 14.3 Å². The van der Waals surface area contributed by atoms with Gasteiger partial charge in [0.25, 0.3) is 5.22 Å². The van der Waals surface area contributed by atoms with Gasteiger partial charge in [0.2, 0.25) is 11.8 Å². The molecular formula is C19H18N6O2S. The van der Waals surface area contributed by atoms with Crippen molar-refractivity contribution in [3.05, 3.63) is 54.6 Å². The van der Waals surface area contributed by atoms with Crippen molar-refractivity contribution in [1.82, 2.24) is 30.0 Å². The van der Waals surface area contributed by atoms with Crippen molar-refractivity contribution in [1.29, 1.82) is 0 Å². The first-order valence-corrected chi connectivity index (χ1v) is 9.68. The molecule has 3 heterocycles. The van der Waals surface area contributed by atoms with Crippen LogP contribution in [-0.4, -0.2) is 36.4 Å². The summed E-state index contributed by atoms with van der Waals surface area (Å²) in [7, 11) is 1.95. The first kappa shape index (κ1) is 18.2. The molecule has 0 fully saturated rings. The molecule has 28 heavy (non-hydrogen) atoms. The monoisotopic (exact) mass is 394 g/mol. The normalized spacial score (nSPS) is 12.2. The number of rotatable bonds is 6. The van der Waals surface area contributed by atoms with Gasteiger partial charge in [0.15, 0.2) is 0 Å². The van der Waals surface area contributed by atoms with Gasteiger partial charge in [-0.2, -0.15) is 0 Å². The number of carbonyl (C=O) groups excluding carboxylic acids is 1. The molecule has 3 aromatic heterocycles. The van der Waals surface area contributed by atoms with Crippen LogP contribution in [0.25, 0.3) is 22.5 Å². The fraction of sp³-hybridized carbons (Fsp3) is 0.211. The molecule has 8 nitrogen and oxygen atoms in total. The number of fused-ring (bicyclic) bond motifs is 1. The van der Waals surface area contributed by atoms with Crippen molar-refractivity contribution in [3.8, 4) is 11.5 Å². The first-order chi connectivity index (χ1) is 13.6. The Hall–Kier alpha value is -3.20. The zero-order valence-corrected chi connectivity index (χ0v) is 16.2. The van der Waals surface area contributed by atoms with Crippen LogP contribution in [0.5, 0.6) is 0 Å². The summed E-state index contributed by atoms with van der Waals surface area (Å²) in [5, 5.41) is 11.3. The number of hydrogen-bond donors (Lipinski definition) is 1. The molecule has 0 saturated heterocycles. The lowest BCUT2D eigenvalue weighted by Crippen LogP contribution is -2.29. The van der Waals surface area contributed by atoms with E-state index in [1.807, 2.05) is 42.8 Å². The second-order valence-corrected chi connectivity index (χ2v) is 7.13. The summed E-state index contributed by atoms with van der Waals surface area (Å²) < 4.78 is 7.58. The van der Waals surface area contributed by atoms with Crippen molar-refractivity contribution in [3.63, 3.8) is 0 Å². The van der Waals surface area contributed by atoms with Gasteiger partial charge in [-0.1, -0.05) is 23.9 Å². The zero-order valence-electron chi connectivity index (χ0n) is 15.4. The molecule has 1 atom stereocenters. The van der Waals surface area contributed by atoms with Crippen LogP contribution >= 0.6 is 11.8 Å². The van der Waals surface area contributed by atoms with Crippen LogP contribution in [0.15, 0.2) is 58.4 Å². The van der Waals surface area contributed by atoms with E-state index in [4.69, 9.17) is 4.42 Å². The van der Waals surface area contributed by atoms with E-state index in [0.29, 0.717) is 11.1 Å². The average molecular weight is 394 g/mol. The minimum absolute atomic E-state index is 0.131. The van der Waals surface area contributed by atoms with Crippen molar-refractivity contribution in [2.75, 3.05) is 5.75 Å². The van der Waals surface area contributed by atoms with Crippen LogP contribution in [0.2, 0.25) is 0 Å². The molecule has 4 aromatic rings. The number of hydrogen-bond acceptors (Lipinski definition) is 7. The van der Waals surface area contributed by atoms with Crippen LogP contribution in [-0.2, 0) is 11.8 Å². The van der Waals surface area contributed by atoms with Crippen molar-refractivity contribution in [2.45, 2.75) is 18.2 Å². The van der Waals surface area contributed by atoms with Gasteiger partial charge in [0.05, 0.1) is 22.8 Å². The van der Waals surface area contributed by atoms with E-state index in [9.17, 15) is 4.79 Å². The molecular weight excluding hydrogens is 376 g/mol. The van der Waals surface area contributed by atoms with Crippen molar-refractivity contribution >= 4 is 28.7 Å². The quantitative estimate of drug-likeness (QED) is 0.502. The van der Waals surface area contributed by atoms with Gasteiger partial charge in [-0.25, -0.2) is 4.98 Å². The Labute approximate surface area is 165 Å². The molecule has 0 spiro atoms. The number of benzene rings is 1. The number of amides is 1. The summed E-state index contributed by atoms with van der Waals surface area (Å²) in [5.41, 5.74) is 2.72. The standard InChI is InChI=1S/C19H18N6O2S/c1-12(17-22-14-5-3-4-6-15(14)25(17)2)21-16(26)11-28-19-24-23-18(27-19)13-7-9-20-10-8-13/h3-10,12H,11H2,1-2H3,(H,21,26)/t12-/m0/s1. The van der Waals surface area contributed by atoms with E-state index >= 15 is 0 Å². The molecule has 0 aliphatic carbocycles. The number of carbonyl (C=O) groups is 1. The second kappa shape index (κ2) is 7.81. The van der Waals surface area contributed by atoms with Gasteiger partial charge in [-0.15, -0.1) is 10.2 Å². The number of aromatic nitrogens is 5. The van der Waals surface area contributed by atoms with Crippen molar-refractivity contribution < 1.29 is 9.21 Å². The molecule has 0 saturated carbocycles. The smallest absolute Gasteiger partial charge is 0.277 e. The highest BCUT2D eigenvalue weighted by Gasteiger charge is 2.17. The summed E-state index contributed by atoms with van der Waals surface area (Å²) in [4.78, 5) is 20.9. The highest BCUT2D eigenvalue weighted by Crippen LogP contribution is 2.23. The Kier molecular flexibility index (Phi) is 5.07. The number of aryl methyl sites for hydroxylation is 1. The SMILES string of the molecule is C[C@H](NC(=O)CSc1nnc(-c2ccncc2)o1)c1nc2ccccc2n1C. The lowest BCUT2D eigenvalue weighted by Gasteiger charge is -2.13. The highest BCUT2D eigenvalue weighted by molar-refractivity contribution is 7.99. The average Bonchev–Trinajstić information content (AvgIpc) is 3.32. The van der Waals surface area contributed by atoms with E-state index in [1.54, 1.807) is 24.5 Å². The highest BCUT2D eigenvalue weighted by atomic mass is 32.2. The molecule has 9 heteroatoms. The Bertz CT molecular complexity index is 1110. The largest absolute Gasteiger partial charge is 0.411 e. The van der Waals surface area contributed by atoms with Gasteiger partial charge in [0, 0.05) is 25.0 Å². The summed E-state index contributed by atoms with van der Waals surface area (Å²) in [6.07, 6.45) is 3.31. The Morgan fingerprint density at radius 3 is 2.79 bits per heavy atom. The van der Waals surface area contributed by atoms with Gasteiger partial charge >= 0.3 is 0 Å². The van der Waals surface area contributed by atoms with Gasteiger partial charge in [-0.3, -0.25) is 9.78 Å². The summed E-state index contributed by atoms with van der Waals surface area (Å²) in [5.74, 6) is 1.25. The van der Waals surface area contributed by atoms with Gasteiger partial charge in [0.1, 0.15) is 5.82 Å². The molecule has 0 unspecified atom stereocenters. The lowest BCUT2D eigenvalue weighted by atomic mass is 10.3. The minimum Gasteiger partial charge on any atom is -0.411 e. The minimum atomic E-state index is -0.222. The molecule has 0 radical (unpaired) electrons. The van der Waals surface area contributed by atoms with Crippen LogP contribution < -0.4 is 5.32 Å². The van der Waals surface area contributed by atoms with E-state index in [-0.39, 0.29) is 17.7 Å². The fourth-order valence-corrected chi connectivity index (χ4v) is 3.48. The van der Waals surface area contributed by atoms with E-state index in [0.717, 1.165) is 22.4 Å². The summed E-state index contributed by atoms with van der Waals surface area (Å²) in [6.45, 7) is 1.91. The number of pyridine rings is 1. The van der Waals surface area contributed by atoms with E-state index < -0.39 is 0 Å². The number of imidazole rings is 1. The third-order valence-electron chi connectivity index (χ3n) is 4.25. The van der Waals surface area contributed by atoms with Crippen LogP contribution in [0.1, 0.15) is 18.8 Å². The molecule has 1 N–H and O–H groups in total. The van der Waals surface area contributed by atoms with Crippen LogP contribution in [0.3, 0.4) is 0 Å². The molecule has 142 valence electrons. The fourth-order valence-electron chi connectivity index (χ4n) is 2.91. The Morgan fingerprint density at radius 2 is 2.00 bits per heavy atom. The van der Waals surface area contributed by atoms with Crippen LogP contribution in [0.4, 0.5) is 0 Å². The Balaban J connectivity index is 1.36. The van der Waals surface area contributed by atoms with Crippen LogP contribution in [0, 0.1) is 0 Å². The molecule has 4 rings (SSSR count). The van der Waals surface area contributed by atoms with E-state index in [2.05, 4.69) is 25.5 Å². The molecule has 0 aliphatic rings. The zero-order chi connectivity index (χ0) is 19.5. The third-order valence-corrected chi connectivity index (χ3v) is 5.07. The molecule has 1 aromatic carbocycles. The maximum atomic E-state index is 12.3. The van der Waals surface area contributed by atoms with Crippen molar-refractivity contribution in [2.24, 2.45) is 7.05 Å². The third kappa shape index (κ3) is 3.74. The molecule has 1 amide bonds. The predicted molar refractivity (Wildman–Crippen MR) is 106 cm³/mol. The lowest BCUT2D eigenvalue weighted by molar-refractivity contribution is -0.119. The number of para-hydroxylation sites is 2. The van der Waals surface area contributed by atoms with Gasteiger partial charge in [-0.05, 0) is 31.2 Å². The maximum Gasteiger partial charge on any atom is 0.277 e. The van der Waals surface area contributed by atoms with E-state index in [1.165, 1.54) is 11.8 Å². The topological polar surface area (TPSA) is 98.7 Å². The second-order valence-electron chi connectivity index (χ2n) is 6.20. The summed E-state index contributed by atoms with van der Waals surface area (Å²) in [6, 6.07) is 11.2.